The van der Waals surface area contributed by atoms with E-state index in [0.29, 0.717) is 14.7 Å². The molecule has 0 spiro atoms. The number of hydrogen-bond acceptors (Lipinski definition) is 11. The van der Waals surface area contributed by atoms with Crippen molar-refractivity contribution >= 4 is 29.7 Å². The summed E-state index contributed by atoms with van der Waals surface area (Å²) in [6, 6.07) is -2.74. The largest absolute Gasteiger partial charge is 3.00 e. The third-order valence-electron chi connectivity index (χ3n) is 14.1. The number of alkyl halides is 36. The van der Waals surface area contributed by atoms with Crippen LogP contribution in [0.1, 0.15) is 33.4 Å². The zero-order valence-electron chi connectivity index (χ0n) is 47.1. The normalized spacial score (nSPS) is 14.4. The molecular weight excluding hydrogens is 1620 g/mol. The van der Waals surface area contributed by atoms with Gasteiger partial charge in [0.25, 0.3) is 21.7 Å². The summed E-state index contributed by atoms with van der Waals surface area (Å²) in [4.78, 5) is 62.1. The van der Waals surface area contributed by atoms with Gasteiger partial charge in [0.2, 0.25) is 11.8 Å². The number of carboxylic acids is 3. The SMILES string of the molecule is O=C([O-])CN(CCN(CC(=O)[O-])CC(=O)NCc1cc(CC(C(F)(F)F)(C(F)(F)F)C(F)(F)F)cc(CC(C(F)(F)F)(C(F)(F)F)C(F)(F)F)c1)CCN(CC(=O)[O-])CC(=O)NCc1cc(CC(C(F)(F)F)(C(F)(F)F)C(F)(F)F)cc(CC(C(F)(F)F)(C(F)(F)F)C(F)(F)F)c1.[Gd+3]. The molecule has 0 saturated carbocycles. The van der Waals surface area contributed by atoms with Gasteiger partial charge < -0.3 is 40.3 Å². The van der Waals surface area contributed by atoms with Crippen LogP contribution in [0.5, 0.6) is 0 Å². The molecule has 0 aromatic heterocycles. The number of hydrogen-bond donors (Lipinski definition) is 2. The smallest absolute Gasteiger partial charge is 0.549 e. The van der Waals surface area contributed by atoms with Gasteiger partial charge >= 0.3 is 114 Å². The predicted octanol–water partition coefficient (Wildman–Crippen LogP) is 8.64. The number of carbonyl (C=O) groups is 5. The third kappa shape index (κ3) is 20.8. The zero-order valence-corrected chi connectivity index (χ0v) is 49.4. The molecule has 0 saturated heterocycles. The molecule has 0 atom stereocenters. The number of nitrogens with zero attached hydrogens (tertiary/aromatic N) is 3. The van der Waals surface area contributed by atoms with Gasteiger partial charge in [-0.15, -0.1) is 0 Å². The number of amides is 2. The summed E-state index contributed by atoms with van der Waals surface area (Å²) in [5.41, 5.74) is -39.9. The average Bonchev–Trinajstić information content (AvgIpc) is 0.743. The Morgan fingerprint density at radius 3 is 0.582 bits per heavy atom. The van der Waals surface area contributed by atoms with E-state index in [9.17, 15) is 197 Å². The Bertz CT molecular complexity index is 2590. The van der Waals surface area contributed by atoms with Gasteiger partial charge in [0.05, 0.1) is 31.0 Å². The number of halogens is 36. The van der Waals surface area contributed by atoms with Crippen LogP contribution in [-0.2, 0) is 62.7 Å². The molecule has 13 nitrogen and oxygen atoms in total. The molecule has 2 aromatic rings. The molecule has 2 N–H and O–H groups in total. The van der Waals surface area contributed by atoms with Crippen molar-refractivity contribution in [2.75, 3.05) is 58.9 Å². The maximum absolute atomic E-state index is 13.9. The van der Waals surface area contributed by atoms with E-state index in [4.69, 9.17) is 0 Å². The molecule has 2 aromatic carbocycles. The van der Waals surface area contributed by atoms with Crippen molar-refractivity contribution in [3.05, 3.63) is 69.8 Å². The second kappa shape index (κ2) is 31.0. The molecule has 0 aliphatic rings. The quantitative estimate of drug-likeness (QED) is 0.0777. The van der Waals surface area contributed by atoms with Crippen LogP contribution < -0.4 is 26.0 Å². The van der Waals surface area contributed by atoms with Gasteiger partial charge in [0, 0.05) is 84.6 Å². The summed E-state index contributed by atoms with van der Waals surface area (Å²) in [7, 11) is 0. The topological polar surface area (TPSA) is 188 Å². The van der Waals surface area contributed by atoms with E-state index in [-0.39, 0.29) is 64.2 Å². The van der Waals surface area contributed by atoms with E-state index in [1.165, 1.54) is 10.6 Å². The van der Waals surface area contributed by atoms with Crippen molar-refractivity contribution < 1.29 is 237 Å². The van der Waals surface area contributed by atoms with Crippen molar-refractivity contribution in [3.63, 3.8) is 0 Å². The van der Waals surface area contributed by atoms with Crippen LogP contribution in [0.4, 0.5) is 158 Å². The minimum Gasteiger partial charge on any atom is -0.549 e. The summed E-state index contributed by atoms with van der Waals surface area (Å²) in [5.74, 6) is -10.2. The minimum atomic E-state index is -7.53. The molecular formula is C48H38F36GdN5O8. The third-order valence-corrected chi connectivity index (χ3v) is 14.1. The number of aliphatic carboxylic acids is 3. The van der Waals surface area contributed by atoms with Crippen molar-refractivity contribution in [1.29, 1.82) is 0 Å². The van der Waals surface area contributed by atoms with E-state index < -0.39 is 269 Å². The Labute approximate surface area is 553 Å². The molecule has 1 radical (unpaired) electrons. The average molecular weight is 1650 g/mol. The molecule has 2 rings (SSSR count). The molecule has 0 fully saturated rings. The second-order valence-electron chi connectivity index (χ2n) is 21.0. The van der Waals surface area contributed by atoms with Crippen LogP contribution >= 0.6 is 0 Å². The minimum absolute atomic E-state index is 0. The Balaban J connectivity index is 0.0000480. The molecule has 0 heterocycles. The van der Waals surface area contributed by atoms with Crippen LogP contribution in [0, 0.1) is 61.6 Å². The first-order chi connectivity index (χ1) is 42.9. The molecule has 0 aliphatic heterocycles. The Hall–Kier alpha value is -5.53. The summed E-state index contributed by atoms with van der Waals surface area (Å²) >= 11 is 0. The van der Waals surface area contributed by atoms with Crippen LogP contribution in [0.3, 0.4) is 0 Å². The van der Waals surface area contributed by atoms with Crippen LogP contribution in [0.2, 0.25) is 0 Å². The molecule has 563 valence electrons. The van der Waals surface area contributed by atoms with Gasteiger partial charge in [0.15, 0.2) is 0 Å². The number of rotatable bonds is 28. The maximum Gasteiger partial charge on any atom is 3.00 e. The Kier molecular flexibility index (Phi) is 28.6. The number of carboxylic acid groups (broad SMARTS) is 3. The van der Waals surface area contributed by atoms with E-state index in [0.717, 1.165) is 0 Å². The molecule has 50 heteroatoms. The number of benzene rings is 2. The van der Waals surface area contributed by atoms with E-state index >= 15 is 0 Å². The van der Waals surface area contributed by atoms with Crippen LogP contribution in [0.15, 0.2) is 36.4 Å². The fourth-order valence-electron chi connectivity index (χ4n) is 9.38. The monoisotopic (exact) mass is 1650 g/mol. The Morgan fingerprint density at radius 2 is 0.418 bits per heavy atom. The van der Waals surface area contributed by atoms with Crippen molar-refractivity contribution in [2.45, 2.75) is 113 Å². The van der Waals surface area contributed by atoms with Crippen molar-refractivity contribution in [1.82, 2.24) is 25.3 Å². The number of nitrogens with one attached hydrogen (secondary N) is 2. The van der Waals surface area contributed by atoms with E-state index in [1.54, 1.807) is 0 Å². The predicted molar refractivity (Wildman–Crippen MR) is 238 cm³/mol. The van der Waals surface area contributed by atoms with Gasteiger partial charge in [-0.3, -0.25) is 24.3 Å². The summed E-state index contributed by atoms with van der Waals surface area (Å²) in [5, 5.41) is 38.0. The fourth-order valence-corrected chi connectivity index (χ4v) is 9.38. The van der Waals surface area contributed by atoms with Crippen LogP contribution in [0.25, 0.3) is 0 Å². The summed E-state index contributed by atoms with van der Waals surface area (Å²) in [6.45, 7) is -15.1. The molecule has 0 aliphatic carbocycles. The standard InChI is InChI=1S/C48H41F36N5O8.Gd/c49-37(50,51)33(38(52,53)54,39(55,56)57)11-22-5-23(12-34(40(58,59)60,41(61,62)63)42(64,65)66)8-26(7-22)15-85-28(90)17-88(20-31(94)95)3-1-87(19-30(92)93)2-4-89(21-32(96)97)18-29(91)86-16-27-9-24(13-35(43(67,68)69,44(70,71)72)45(73,74)75)6-25(10-27)14-36(46(76,77)78,47(79,80)81)48(82,83)84;/h5-10H,1-4,11-21H2,(H,85,90)(H,86,91)(H,92,93)(H,94,95)(H,96,97);/q;+3/p-3. The first-order valence-corrected chi connectivity index (χ1v) is 25.3. The second-order valence-corrected chi connectivity index (χ2v) is 21.0. The van der Waals surface area contributed by atoms with Gasteiger partial charge in [-0.2, -0.15) is 158 Å². The van der Waals surface area contributed by atoms with Crippen LogP contribution in [-0.4, -0.2) is 177 Å². The first-order valence-electron chi connectivity index (χ1n) is 25.3. The summed E-state index contributed by atoms with van der Waals surface area (Å²) in [6.07, 6.45) is -105. The van der Waals surface area contributed by atoms with Crippen molar-refractivity contribution in [3.8, 4) is 0 Å². The first kappa shape index (κ1) is 90.5. The van der Waals surface area contributed by atoms with E-state index in [1.807, 2.05) is 0 Å². The Morgan fingerprint density at radius 1 is 0.265 bits per heavy atom. The molecule has 0 unspecified atom stereocenters. The summed E-state index contributed by atoms with van der Waals surface area (Å²) < 4.78 is 500. The molecule has 0 bridgehead atoms. The number of carbonyl (C=O) groups excluding carboxylic acids is 5. The van der Waals surface area contributed by atoms with E-state index in [2.05, 4.69) is 0 Å². The zero-order chi connectivity index (χ0) is 76.3. The van der Waals surface area contributed by atoms with Gasteiger partial charge in [-0.25, -0.2) is 0 Å². The van der Waals surface area contributed by atoms with Gasteiger partial charge in [-0.05, 0) is 33.4 Å². The van der Waals surface area contributed by atoms with Crippen molar-refractivity contribution in [2.24, 2.45) is 21.7 Å². The van der Waals surface area contributed by atoms with Gasteiger partial charge in [0.1, 0.15) is 0 Å². The van der Waals surface area contributed by atoms with Gasteiger partial charge in [-0.1, -0.05) is 36.4 Å². The maximum atomic E-state index is 13.9. The molecule has 98 heavy (non-hydrogen) atoms. The fraction of sp³-hybridized carbons (Fsp3) is 0.646. The molecule has 2 amide bonds.